The lowest BCUT2D eigenvalue weighted by atomic mass is 10.1. The summed E-state index contributed by atoms with van der Waals surface area (Å²) < 4.78 is 10.2. The van der Waals surface area contributed by atoms with Gasteiger partial charge in [-0.25, -0.2) is 0 Å². The zero-order chi connectivity index (χ0) is 17.0. The molecule has 0 rings (SSSR count). The number of carbonyl (C=O) groups excluding carboxylic acids is 2. The number of nitrogens with two attached hydrogens (primary N) is 1. The average Bonchev–Trinajstić information content (AvgIpc) is 2.45. The van der Waals surface area contributed by atoms with E-state index in [9.17, 15) is 9.59 Å². The molecule has 128 valence electrons. The minimum Gasteiger partial charge on any atom is -0.466 e. The van der Waals surface area contributed by atoms with Crippen molar-refractivity contribution in [2.45, 2.75) is 52.7 Å². The van der Waals surface area contributed by atoms with Crippen molar-refractivity contribution < 1.29 is 19.1 Å². The highest BCUT2D eigenvalue weighted by molar-refractivity contribution is 7.99. The Morgan fingerprint density at radius 2 is 1.95 bits per heavy atom. The Hall–Kier alpha value is -1.01. The molecule has 0 aromatic heterocycles. The van der Waals surface area contributed by atoms with E-state index in [1.165, 1.54) is 0 Å². The van der Waals surface area contributed by atoms with Crippen molar-refractivity contribution in [3.8, 4) is 0 Å². The number of thioether (sulfide) groups is 1. The molecule has 0 spiro atoms. The van der Waals surface area contributed by atoms with Crippen molar-refractivity contribution in [1.29, 1.82) is 0 Å². The highest BCUT2D eigenvalue weighted by Gasteiger charge is 2.23. The van der Waals surface area contributed by atoms with Crippen LogP contribution in [0.4, 0.5) is 0 Å². The number of esters is 2. The van der Waals surface area contributed by atoms with E-state index in [1.807, 2.05) is 31.7 Å². The van der Waals surface area contributed by atoms with Crippen molar-refractivity contribution in [2.75, 3.05) is 18.1 Å². The van der Waals surface area contributed by atoms with E-state index in [1.54, 1.807) is 13.0 Å². The quantitative estimate of drug-likeness (QED) is 0.356. The summed E-state index contributed by atoms with van der Waals surface area (Å²) in [5.41, 5.74) is 5.77. The van der Waals surface area contributed by atoms with Crippen LogP contribution in [0.15, 0.2) is 12.2 Å². The molecule has 1 unspecified atom stereocenters. The average molecular weight is 331 g/mol. The number of ether oxygens (including phenoxy) is 2. The van der Waals surface area contributed by atoms with Crippen LogP contribution in [0.2, 0.25) is 0 Å². The summed E-state index contributed by atoms with van der Waals surface area (Å²) in [6.45, 7) is 7.86. The van der Waals surface area contributed by atoms with Gasteiger partial charge in [-0.3, -0.25) is 9.59 Å². The topological polar surface area (TPSA) is 78.6 Å². The molecule has 2 N–H and O–H groups in total. The molecule has 0 aliphatic rings. The fourth-order valence-corrected chi connectivity index (χ4v) is 2.17. The van der Waals surface area contributed by atoms with Crippen LogP contribution < -0.4 is 5.73 Å². The van der Waals surface area contributed by atoms with Gasteiger partial charge in [-0.2, -0.15) is 11.8 Å². The van der Waals surface area contributed by atoms with Crippen LogP contribution in [0.3, 0.4) is 0 Å². The number of hydrogen-bond donors (Lipinski definition) is 1. The Morgan fingerprint density at radius 1 is 1.27 bits per heavy atom. The van der Waals surface area contributed by atoms with Gasteiger partial charge in [0.1, 0.15) is 12.1 Å². The van der Waals surface area contributed by atoms with E-state index in [0.29, 0.717) is 6.61 Å². The SMILES string of the molecule is CCOC(=O)CC(/C=C/CCSCC)OC(=O)[C@@H](N)C(C)C. The molecule has 0 aromatic carbocycles. The van der Waals surface area contributed by atoms with Crippen LogP contribution in [0.1, 0.15) is 40.5 Å². The highest BCUT2D eigenvalue weighted by Crippen LogP contribution is 2.09. The molecule has 0 aliphatic carbocycles. The molecule has 5 nitrogen and oxygen atoms in total. The Morgan fingerprint density at radius 3 is 2.50 bits per heavy atom. The van der Waals surface area contributed by atoms with E-state index >= 15 is 0 Å². The van der Waals surface area contributed by atoms with Crippen molar-refractivity contribution in [1.82, 2.24) is 0 Å². The molecular weight excluding hydrogens is 302 g/mol. The number of hydrogen-bond acceptors (Lipinski definition) is 6. The normalized spacial score (nSPS) is 14.1. The minimum absolute atomic E-state index is 0.0133. The van der Waals surface area contributed by atoms with Gasteiger partial charge in [0.05, 0.1) is 13.0 Å². The minimum atomic E-state index is -0.686. The third-order valence-electron chi connectivity index (χ3n) is 2.91. The van der Waals surface area contributed by atoms with E-state index in [-0.39, 0.29) is 18.3 Å². The first-order chi connectivity index (χ1) is 10.4. The predicted octanol–water partition coefficient (Wildman–Crippen LogP) is 2.53. The van der Waals surface area contributed by atoms with Crippen LogP contribution in [0.5, 0.6) is 0 Å². The summed E-state index contributed by atoms with van der Waals surface area (Å²) in [7, 11) is 0. The number of rotatable bonds is 11. The second kappa shape index (κ2) is 12.5. The second-order valence-electron chi connectivity index (χ2n) is 5.17. The van der Waals surface area contributed by atoms with E-state index in [0.717, 1.165) is 17.9 Å². The van der Waals surface area contributed by atoms with Crippen molar-refractivity contribution in [3.05, 3.63) is 12.2 Å². The Labute approximate surface area is 138 Å². The lowest BCUT2D eigenvalue weighted by Gasteiger charge is -2.19. The highest BCUT2D eigenvalue weighted by atomic mass is 32.2. The molecule has 0 radical (unpaired) electrons. The van der Waals surface area contributed by atoms with Gasteiger partial charge in [-0.05, 0) is 36.8 Å². The van der Waals surface area contributed by atoms with Crippen molar-refractivity contribution in [3.63, 3.8) is 0 Å². The molecule has 0 heterocycles. The molecule has 2 atom stereocenters. The maximum atomic E-state index is 11.9. The first kappa shape index (κ1) is 21.0. The maximum Gasteiger partial charge on any atom is 0.323 e. The van der Waals surface area contributed by atoms with E-state index in [2.05, 4.69) is 6.92 Å². The van der Waals surface area contributed by atoms with Gasteiger partial charge in [0, 0.05) is 0 Å². The van der Waals surface area contributed by atoms with Gasteiger partial charge in [0.15, 0.2) is 0 Å². The molecule has 0 aromatic rings. The van der Waals surface area contributed by atoms with Crippen LogP contribution in [0.25, 0.3) is 0 Å². The van der Waals surface area contributed by atoms with Crippen molar-refractivity contribution >= 4 is 23.7 Å². The van der Waals surface area contributed by atoms with Crippen molar-refractivity contribution in [2.24, 2.45) is 11.7 Å². The smallest absolute Gasteiger partial charge is 0.323 e. The molecule has 0 bridgehead atoms. The molecule has 22 heavy (non-hydrogen) atoms. The molecule has 0 saturated heterocycles. The molecule has 0 fully saturated rings. The molecular formula is C16H29NO4S. The lowest BCUT2D eigenvalue weighted by Crippen LogP contribution is -2.39. The third kappa shape index (κ3) is 9.84. The predicted molar refractivity (Wildman–Crippen MR) is 90.7 cm³/mol. The summed E-state index contributed by atoms with van der Waals surface area (Å²) >= 11 is 1.83. The van der Waals surface area contributed by atoms with Gasteiger partial charge in [0.2, 0.25) is 0 Å². The van der Waals surface area contributed by atoms with Crippen LogP contribution in [0, 0.1) is 5.92 Å². The maximum absolute atomic E-state index is 11.9. The number of allylic oxidation sites excluding steroid dienone is 1. The summed E-state index contributed by atoms with van der Waals surface area (Å²) in [6, 6.07) is -0.686. The van der Waals surface area contributed by atoms with Gasteiger partial charge in [-0.15, -0.1) is 0 Å². The standard InChI is InChI=1S/C16H29NO4S/c1-5-20-14(18)11-13(9-7-8-10-22-6-2)21-16(19)15(17)12(3)4/h7,9,12-13,15H,5-6,8,10-11,17H2,1-4H3/b9-7+/t13?,15-/m0/s1. The summed E-state index contributed by atoms with van der Waals surface area (Å²) in [4.78, 5) is 23.5. The summed E-state index contributed by atoms with van der Waals surface area (Å²) in [5, 5.41) is 0. The lowest BCUT2D eigenvalue weighted by molar-refractivity contribution is -0.154. The Bertz CT molecular complexity index is 358. The Balaban J connectivity index is 4.57. The van der Waals surface area contributed by atoms with E-state index in [4.69, 9.17) is 15.2 Å². The van der Waals surface area contributed by atoms with Gasteiger partial charge >= 0.3 is 11.9 Å². The van der Waals surface area contributed by atoms with Gasteiger partial charge < -0.3 is 15.2 Å². The van der Waals surface area contributed by atoms with Crippen LogP contribution in [-0.2, 0) is 19.1 Å². The summed E-state index contributed by atoms with van der Waals surface area (Å²) in [6.07, 6.45) is 3.94. The summed E-state index contributed by atoms with van der Waals surface area (Å²) in [5.74, 6) is 1.18. The molecule has 0 aliphatic heterocycles. The second-order valence-corrected chi connectivity index (χ2v) is 6.56. The third-order valence-corrected chi connectivity index (χ3v) is 3.85. The fraction of sp³-hybridized carbons (Fsp3) is 0.750. The van der Waals surface area contributed by atoms with Gasteiger partial charge in [0.25, 0.3) is 0 Å². The van der Waals surface area contributed by atoms with Gasteiger partial charge in [-0.1, -0.05) is 26.8 Å². The van der Waals surface area contributed by atoms with Crippen LogP contribution in [-0.4, -0.2) is 42.2 Å². The molecule has 0 amide bonds. The Kier molecular flexibility index (Phi) is 12.0. The monoisotopic (exact) mass is 331 g/mol. The number of carbonyl (C=O) groups is 2. The largest absolute Gasteiger partial charge is 0.466 e. The zero-order valence-corrected chi connectivity index (χ0v) is 14.9. The zero-order valence-electron chi connectivity index (χ0n) is 14.0. The van der Waals surface area contributed by atoms with E-state index < -0.39 is 18.1 Å². The molecule has 6 heteroatoms. The van der Waals surface area contributed by atoms with Crippen LogP contribution >= 0.6 is 11.8 Å². The first-order valence-electron chi connectivity index (χ1n) is 7.78. The first-order valence-corrected chi connectivity index (χ1v) is 8.93. The fourth-order valence-electron chi connectivity index (χ4n) is 1.58. The molecule has 0 saturated carbocycles.